The smallest absolute Gasteiger partial charge is 0.209 e. The van der Waals surface area contributed by atoms with Gasteiger partial charge in [-0.3, -0.25) is 0 Å². The molecule has 0 aliphatic heterocycles. The van der Waals surface area contributed by atoms with Crippen LogP contribution in [0.25, 0.3) is 0 Å². The van der Waals surface area contributed by atoms with E-state index in [1.54, 1.807) is 23.6 Å². The molecule has 3 rings (SSSR count). The molecule has 0 fully saturated rings. The van der Waals surface area contributed by atoms with Crippen LogP contribution in [0.2, 0.25) is 5.02 Å². The largest absolute Gasteiger partial charge is 0.493 e. The number of hydrogen-bond donors (Lipinski definition) is 1. The lowest BCUT2D eigenvalue weighted by Gasteiger charge is -2.14. The molecule has 154 valence electrons. The van der Waals surface area contributed by atoms with Gasteiger partial charge in [0.2, 0.25) is 5.16 Å². The van der Waals surface area contributed by atoms with Gasteiger partial charge in [0.25, 0.3) is 0 Å². The first-order valence-electron chi connectivity index (χ1n) is 9.26. The van der Waals surface area contributed by atoms with E-state index in [2.05, 4.69) is 20.8 Å². The molecule has 0 saturated heterocycles. The van der Waals surface area contributed by atoms with E-state index >= 15 is 0 Å². The molecule has 1 N–H and O–H groups in total. The van der Waals surface area contributed by atoms with E-state index in [1.165, 1.54) is 0 Å². The highest BCUT2D eigenvalue weighted by molar-refractivity contribution is 7.99. The molecule has 0 unspecified atom stereocenters. The minimum absolute atomic E-state index is 0.438. The van der Waals surface area contributed by atoms with Crippen molar-refractivity contribution < 1.29 is 9.47 Å². The van der Waals surface area contributed by atoms with Crippen molar-refractivity contribution >= 4 is 23.4 Å². The quantitative estimate of drug-likeness (QED) is 0.365. The maximum absolute atomic E-state index is 6.46. The maximum Gasteiger partial charge on any atom is 0.209 e. The topological polar surface area (TPSA) is 74.1 Å². The molecular formula is C20H24ClN5O2S. The molecular weight excluding hydrogens is 410 g/mol. The Hall–Kier alpha value is -2.29. The second kappa shape index (κ2) is 11.0. The van der Waals surface area contributed by atoms with Crippen molar-refractivity contribution in [1.82, 2.24) is 25.5 Å². The van der Waals surface area contributed by atoms with E-state index in [4.69, 9.17) is 21.1 Å². The Morgan fingerprint density at radius 1 is 1.17 bits per heavy atom. The average molecular weight is 434 g/mol. The van der Waals surface area contributed by atoms with Gasteiger partial charge < -0.3 is 14.8 Å². The molecule has 0 amide bonds. The molecule has 29 heavy (non-hydrogen) atoms. The highest BCUT2D eigenvalue weighted by Crippen LogP contribution is 2.37. The molecule has 0 atom stereocenters. The molecule has 1 heterocycles. The van der Waals surface area contributed by atoms with Crippen LogP contribution in [0.4, 0.5) is 0 Å². The third-order valence-corrected chi connectivity index (χ3v) is 5.53. The summed E-state index contributed by atoms with van der Waals surface area (Å²) >= 11 is 8.10. The summed E-state index contributed by atoms with van der Waals surface area (Å²) < 4.78 is 13.1. The second-order valence-electron chi connectivity index (χ2n) is 6.35. The van der Waals surface area contributed by atoms with Crippen LogP contribution in [0.1, 0.15) is 17.5 Å². The van der Waals surface area contributed by atoms with Crippen molar-refractivity contribution in [3.8, 4) is 11.5 Å². The van der Waals surface area contributed by atoms with Gasteiger partial charge in [-0.15, -0.1) is 5.10 Å². The summed E-state index contributed by atoms with van der Waals surface area (Å²) in [6.07, 6.45) is 1.00. The number of ether oxygens (including phenoxy) is 2. The molecule has 0 bridgehead atoms. The number of thioether (sulfide) groups is 1. The minimum atomic E-state index is 0.438. The lowest BCUT2D eigenvalue weighted by atomic mass is 10.2. The average Bonchev–Trinajstić information content (AvgIpc) is 3.14. The maximum atomic E-state index is 6.46. The number of rotatable bonds is 11. The van der Waals surface area contributed by atoms with E-state index in [0.717, 1.165) is 35.0 Å². The standard InChI is InChI=1S/C20H24ClN5O2S/c1-26-20(23-24-25-26)29-10-6-9-22-13-16-11-17(21)19(18(12-16)27-2)28-14-15-7-4-3-5-8-15/h3-5,7-8,11-12,22H,6,9-10,13-14H2,1-2H3. The van der Waals surface area contributed by atoms with Crippen molar-refractivity contribution in [2.24, 2.45) is 7.05 Å². The normalized spacial score (nSPS) is 10.9. The summed E-state index contributed by atoms with van der Waals surface area (Å²) in [5, 5.41) is 16.2. The summed E-state index contributed by atoms with van der Waals surface area (Å²) in [6.45, 7) is 2.02. The van der Waals surface area contributed by atoms with Gasteiger partial charge in [0, 0.05) is 19.3 Å². The van der Waals surface area contributed by atoms with Gasteiger partial charge in [0.05, 0.1) is 12.1 Å². The van der Waals surface area contributed by atoms with Gasteiger partial charge in [-0.2, -0.15) is 0 Å². The first kappa shape index (κ1) is 21.4. The molecule has 0 aliphatic rings. The number of aromatic nitrogens is 4. The summed E-state index contributed by atoms with van der Waals surface area (Å²) in [5.41, 5.74) is 2.12. The van der Waals surface area contributed by atoms with Crippen molar-refractivity contribution in [3.63, 3.8) is 0 Å². The van der Waals surface area contributed by atoms with Crippen LogP contribution < -0.4 is 14.8 Å². The summed E-state index contributed by atoms with van der Waals surface area (Å²) in [6, 6.07) is 13.8. The minimum Gasteiger partial charge on any atom is -0.493 e. The monoisotopic (exact) mass is 433 g/mol. The van der Waals surface area contributed by atoms with E-state index in [9.17, 15) is 0 Å². The number of benzene rings is 2. The second-order valence-corrected chi connectivity index (χ2v) is 7.82. The van der Waals surface area contributed by atoms with Gasteiger partial charge in [0.1, 0.15) is 6.61 Å². The van der Waals surface area contributed by atoms with Crippen LogP contribution in [-0.2, 0) is 20.2 Å². The summed E-state index contributed by atoms with van der Waals surface area (Å²) in [4.78, 5) is 0. The first-order chi connectivity index (χ1) is 14.2. The summed E-state index contributed by atoms with van der Waals surface area (Å²) in [5.74, 6) is 2.14. The van der Waals surface area contributed by atoms with Crippen LogP contribution in [-0.4, -0.2) is 39.6 Å². The fourth-order valence-corrected chi connectivity index (χ4v) is 3.76. The van der Waals surface area contributed by atoms with E-state index < -0.39 is 0 Å². The van der Waals surface area contributed by atoms with Crippen molar-refractivity contribution in [1.29, 1.82) is 0 Å². The van der Waals surface area contributed by atoms with Crippen molar-refractivity contribution in [2.75, 3.05) is 19.4 Å². The Morgan fingerprint density at radius 2 is 2.00 bits per heavy atom. The predicted molar refractivity (Wildman–Crippen MR) is 115 cm³/mol. The van der Waals surface area contributed by atoms with Crippen molar-refractivity contribution in [3.05, 3.63) is 58.6 Å². The van der Waals surface area contributed by atoms with Crippen LogP contribution in [0.15, 0.2) is 47.6 Å². The molecule has 7 nitrogen and oxygen atoms in total. The number of nitrogens with one attached hydrogen (secondary N) is 1. The third-order valence-electron chi connectivity index (χ3n) is 4.15. The van der Waals surface area contributed by atoms with Crippen LogP contribution >= 0.6 is 23.4 Å². The Balaban J connectivity index is 1.47. The van der Waals surface area contributed by atoms with Gasteiger partial charge in [0.15, 0.2) is 11.5 Å². The third kappa shape index (κ3) is 6.35. The fourth-order valence-electron chi connectivity index (χ4n) is 2.68. The van der Waals surface area contributed by atoms with E-state index in [0.29, 0.717) is 29.7 Å². The van der Waals surface area contributed by atoms with Gasteiger partial charge in [-0.25, -0.2) is 4.68 Å². The zero-order chi connectivity index (χ0) is 20.5. The number of methoxy groups -OCH3 is 1. The van der Waals surface area contributed by atoms with Crippen LogP contribution in [0.3, 0.4) is 0 Å². The molecule has 1 aromatic heterocycles. The van der Waals surface area contributed by atoms with Crippen molar-refractivity contribution in [2.45, 2.75) is 24.7 Å². The number of aryl methyl sites for hydroxylation is 1. The predicted octanol–water partition coefficient (Wildman–Crippen LogP) is 3.72. The van der Waals surface area contributed by atoms with Gasteiger partial charge in [-0.1, -0.05) is 53.7 Å². The highest BCUT2D eigenvalue weighted by atomic mass is 35.5. The molecule has 3 aromatic rings. The van der Waals surface area contributed by atoms with E-state index in [-0.39, 0.29) is 0 Å². The molecule has 9 heteroatoms. The van der Waals surface area contributed by atoms with Gasteiger partial charge >= 0.3 is 0 Å². The molecule has 2 aromatic carbocycles. The number of halogens is 1. The summed E-state index contributed by atoms with van der Waals surface area (Å²) in [7, 11) is 3.46. The molecule has 0 saturated carbocycles. The Morgan fingerprint density at radius 3 is 2.72 bits per heavy atom. The zero-order valence-electron chi connectivity index (χ0n) is 16.5. The Bertz CT molecular complexity index is 907. The first-order valence-corrected chi connectivity index (χ1v) is 10.6. The number of hydrogen-bond acceptors (Lipinski definition) is 7. The Labute approximate surface area is 179 Å². The zero-order valence-corrected chi connectivity index (χ0v) is 18.0. The van der Waals surface area contributed by atoms with Crippen LogP contribution in [0.5, 0.6) is 11.5 Å². The molecule has 0 spiro atoms. The van der Waals surface area contributed by atoms with Gasteiger partial charge in [-0.05, 0) is 46.7 Å². The number of nitrogens with zero attached hydrogens (tertiary/aromatic N) is 4. The Kier molecular flexibility index (Phi) is 8.15. The highest BCUT2D eigenvalue weighted by Gasteiger charge is 2.12. The lowest BCUT2D eigenvalue weighted by Crippen LogP contribution is -2.15. The van der Waals surface area contributed by atoms with Crippen LogP contribution in [0, 0.1) is 0 Å². The number of tetrazole rings is 1. The molecule has 0 aliphatic carbocycles. The van der Waals surface area contributed by atoms with E-state index in [1.807, 2.05) is 49.5 Å². The molecule has 0 radical (unpaired) electrons. The fraction of sp³-hybridized carbons (Fsp3) is 0.350. The lowest BCUT2D eigenvalue weighted by molar-refractivity contribution is 0.284. The SMILES string of the molecule is COc1cc(CNCCCSc2nnnn2C)cc(Cl)c1OCc1ccccc1.